The van der Waals surface area contributed by atoms with Crippen molar-refractivity contribution in [2.75, 3.05) is 6.54 Å². The van der Waals surface area contributed by atoms with Gasteiger partial charge in [-0.2, -0.15) is 5.10 Å². The summed E-state index contributed by atoms with van der Waals surface area (Å²) < 4.78 is 1.97. The third-order valence-electron chi connectivity index (χ3n) is 6.42. The monoisotopic (exact) mass is 396 g/mol. The van der Waals surface area contributed by atoms with E-state index in [1.165, 1.54) is 22.2 Å². The van der Waals surface area contributed by atoms with Gasteiger partial charge in [0.25, 0.3) is 5.91 Å². The quantitative estimate of drug-likeness (QED) is 0.544. The Labute approximate surface area is 175 Å². The number of hydrogen-bond donors (Lipinski definition) is 1. The summed E-state index contributed by atoms with van der Waals surface area (Å²) in [7, 11) is 0. The van der Waals surface area contributed by atoms with Crippen molar-refractivity contribution in [3.8, 4) is 5.69 Å². The van der Waals surface area contributed by atoms with Crippen LogP contribution in [0.2, 0.25) is 0 Å². The standard InChI is InChI=1S/C25H24N4O/c1-16-7-10-22-19(13-16)21-15-28(12-11-23(21)27-22)25(30)20-14-26-29(24(20)17-8-9-17)18-5-3-2-4-6-18/h2-7,10,13-14,17,27H,8-9,11-12,15H2,1H3. The van der Waals surface area contributed by atoms with E-state index in [0.29, 0.717) is 12.5 Å². The van der Waals surface area contributed by atoms with Crippen molar-refractivity contribution >= 4 is 16.8 Å². The summed E-state index contributed by atoms with van der Waals surface area (Å²) in [6.07, 6.45) is 4.90. The molecule has 2 aromatic carbocycles. The zero-order chi connectivity index (χ0) is 20.2. The first kappa shape index (κ1) is 17.5. The molecule has 0 spiro atoms. The molecule has 2 aliphatic rings. The lowest BCUT2D eigenvalue weighted by Crippen LogP contribution is -2.36. The number of aryl methyl sites for hydroxylation is 1. The molecule has 0 unspecified atom stereocenters. The van der Waals surface area contributed by atoms with Crippen molar-refractivity contribution in [3.05, 3.63) is 82.8 Å². The third-order valence-corrected chi connectivity index (χ3v) is 6.42. The molecule has 1 N–H and O–H groups in total. The molecule has 0 bridgehead atoms. The Morgan fingerprint density at radius 2 is 1.97 bits per heavy atom. The molecule has 0 saturated heterocycles. The molecule has 1 fully saturated rings. The fourth-order valence-corrected chi connectivity index (χ4v) is 4.72. The number of nitrogens with one attached hydrogen (secondary N) is 1. The molecule has 1 amide bonds. The maximum atomic E-state index is 13.6. The summed E-state index contributed by atoms with van der Waals surface area (Å²) in [6.45, 7) is 3.50. The van der Waals surface area contributed by atoms with Crippen molar-refractivity contribution in [2.45, 2.75) is 38.6 Å². The Hall–Kier alpha value is -3.34. The van der Waals surface area contributed by atoms with Crippen LogP contribution in [-0.4, -0.2) is 32.1 Å². The van der Waals surface area contributed by atoms with Crippen LogP contribution < -0.4 is 0 Å². The van der Waals surface area contributed by atoms with Gasteiger partial charge in [0, 0.05) is 47.6 Å². The molecule has 3 heterocycles. The van der Waals surface area contributed by atoms with Gasteiger partial charge in [-0.25, -0.2) is 4.68 Å². The molecule has 5 heteroatoms. The molecule has 2 aromatic heterocycles. The fourth-order valence-electron chi connectivity index (χ4n) is 4.72. The first-order valence-corrected chi connectivity index (χ1v) is 10.7. The minimum absolute atomic E-state index is 0.103. The normalized spacial score (nSPS) is 16.1. The molecule has 0 atom stereocenters. The van der Waals surface area contributed by atoms with Crippen LogP contribution in [-0.2, 0) is 13.0 Å². The third kappa shape index (κ3) is 2.76. The predicted molar refractivity (Wildman–Crippen MR) is 117 cm³/mol. The number of carbonyl (C=O) groups is 1. The first-order chi connectivity index (χ1) is 14.7. The van der Waals surface area contributed by atoms with E-state index in [0.717, 1.165) is 48.3 Å². The molecule has 6 rings (SSSR count). The average molecular weight is 396 g/mol. The second kappa shape index (κ2) is 6.59. The topological polar surface area (TPSA) is 53.9 Å². The van der Waals surface area contributed by atoms with Crippen molar-refractivity contribution in [1.29, 1.82) is 0 Å². The highest BCUT2D eigenvalue weighted by molar-refractivity contribution is 5.96. The molecular formula is C25H24N4O. The van der Waals surface area contributed by atoms with Gasteiger partial charge in [-0.3, -0.25) is 4.79 Å². The minimum atomic E-state index is 0.103. The molecule has 1 aliphatic carbocycles. The van der Waals surface area contributed by atoms with E-state index in [2.05, 4.69) is 47.3 Å². The molecule has 1 saturated carbocycles. The van der Waals surface area contributed by atoms with Crippen LogP contribution >= 0.6 is 0 Å². The van der Waals surface area contributed by atoms with Gasteiger partial charge in [0.1, 0.15) is 0 Å². The van der Waals surface area contributed by atoms with Crippen LogP contribution in [0.5, 0.6) is 0 Å². The lowest BCUT2D eigenvalue weighted by molar-refractivity contribution is 0.0734. The summed E-state index contributed by atoms with van der Waals surface area (Å²) in [5.41, 5.74) is 7.79. The van der Waals surface area contributed by atoms with Crippen molar-refractivity contribution < 1.29 is 4.79 Å². The number of aromatic nitrogens is 3. The van der Waals surface area contributed by atoms with Gasteiger partial charge >= 0.3 is 0 Å². The van der Waals surface area contributed by atoms with Crippen molar-refractivity contribution in [1.82, 2.24) is 19.7 Å². The maximum Gasteiger partial charge on any atom is 0.257 e. The second-order valence-electron chi connectivity index (χ2n) is 8.57. The summed E-state index contributed by atoms with van der Waals surface area (Å²) in [4.78, 5) is 19.1. The smallest absolute Gasteiger partial charge is 0.257 e. The highest BCUT2D eigenvalue weighted by Gasteiger charge is 2.35. The van der Waals surface area contributed by atoms with Crippen molar-refractivity contribution in [2.24, 2.45) is 0 Å². The number of aromatic amines is 1. The van der Waals surface area contributed by atoms with Crippen LogP contribution in [0.1, 0.15) is 51.6 Å². The van der Waals surface area contributed by atoms with Gasteiger partial charge in [0.2, 0.25) is 0 Å². The molecular weight excluding hydrogens is 372 g/mol. The van der Waals surface area contributed by atoms with Gasteiger partial charge in [-0.15, -0.1) is 0 Å². The van der Waals surface area contributed by atoms with Gasteiger partial charge in [0.05, 0.1) is 23.1 Å². The number of hydrogen-bond acceptors (Lipinski definition) is 2. The lowest BCUT2D eigenvalue weighted by Gasteiger charge is -2.27. The molecule has 5 nitrogen and oxygen atoms in total. The van der Waals surface area contributed by atoms with Gasteiger partial charge in [0.15, 0.2) is 0 Å². The second-order valence-corrected chi connectivity index (χ2v) is 8.57. The molecule has 1 aliphatic heterocycles. The predicted octanol–water partition coefficient (Wildman–Crippen LogP) is 4.74. The molecule has 4 aromatic rings. The summed E-state index contributed by atoms with van der Waals surface area (Å²) in [5.74, 6) is 0.537. The van der Waals surface area contributed by atoms with E-state index in [1.807, 2.05) is 27.8 Å². The molecule has 0 radical (unpaired) electrons. The van der Waals surface area contributed by atoms with Crippen LogP contribution in [0.3, 0.4) is 0 Å². The highest BCUT2D eigenvalue weighted by atomic mass is 16.2. The average Bonchev–Trinajstić information content (AvgIpc) is 3.42. The van der Waals surface area contributed by atoms with Crippen LogP contribution in [0.25, 0.3) is 16.6 Å². The van der Waals surface area contributed by atoms with Crippen LogP contribution in [0.4, 0.5) is 0 Å². The number of para-hydroxylation sites is 1. The van der Waals surface area contributed by atoms with Crippen LogP contribution in [0.15, 0.2) is 54.7 Å². The Morgan fingerprint density at radius 3 is 2.77 bits per heavy atom. The van der Waals surface area contributed by atoms with E-state index >= 15 is 0 Å². The first-order valence-electron chi connectivity index (χ1n) is 10.7. The van der Waals surface area contributed by atoms with E-state index in [1.54, 1.807) is 6.20 Å². The van der Waals surface area contributed by atoms with Gasteiger partial charge in [-0.1, -0.05) is 29.8 Å². The van der Waals surface area contributed by atoms with Crippen LogP contribution in [0, 0.1) is 6.92 Å². The number of fused-ring (bicyclic) bond motifs is 3. The number of amides is 1. The Balaban J connectivity index is 1.36. The van der Waals surface area contributed by atoms with Gasteiger partial charge in [-0.05, 0) is 44.0 Å². The summed E-state index contributed by atoms with van der Waals surface area (Å²) in [5, 5.41) is 5.86. The van der Waals surface area contributed by atoms with E-state index in [4.69, 9.17) is 0 Å². The van der Waals surface area contributed by atoms with Crippen molar-refractivity contribution in [3.63, 3.8) is 0 Å². The number of rotatable bonds is 3. The Kier molecular flexibility index (Phi) is 3.85. The van der Waals surface area contributed by atoms with E-state index < -0.39 is 0 Å². The van der Waals surface area contributed by atoms with E-state index in [-0.39, 0.29) is 5.91 Å². The Morgan fingerprint density at radius 1 is 1.13 bits per heavy atom. The number of benzene rings is 2. The number of H-pyrrole nitrogens is 1. The summed E-state index contributed by atoms with van der Waals surface area (Å²) >= 11 is 0. The molecule has 150 valence electrons. The zero-order valence-corrected chi connectivity index (χ0v) is 17.1. The minimum Gasteiger partial charge on any atom is -0.358 e. The Bertz CT molecular complexity index is 1260. The fraction of sp³-hybridized carbons (Fsp3) is 0.280. The largest absolute Gasteiger partial charge is 0.358 e. The number of nitrogens with zero attached hydrogens (tertiary/aromatic N) is 3. The highest BCUT2D eigenvalue weighted by Crippen LogP contribution is 2.43. The number of carbonyl (C=O) groups excluding carboxylic acids is 1. The maximum absolute atomic E-state index is 13.6. The summed E-state index contributed by atoms with van der Waals surface area (Å²) in [6, 6.07) is 16.6. The lowest BCUT2D eigenvalue weighted by atomic mass is 10.0. The van der Waals surface area contributed by atoms with Gasteiger partial charge < -0.3 is 9.88 Å². The van der Waals surface area contributed by atoms with E-state index in [9.17, 15) is 4.79 Å². The SMILES string of the molecule is Cc1ccc2[nH]c3c(c2c1)CN(C(=O)c1cnn(-c2ccccc2)c1C1CC1)CC3. The molecule has 30 heavy (non-hydrogen) atoms. The zero-order valence-electron chi connectivity index (χ0n) is 17.1.